The van der Waals surface area contributed by atoms with E-state index in [0.717, 1.165) is 12.7 Å². The van der Waals surface area contributed by atoms with Crippen LogP contribution >= 0.6 is 0 Å². The number of ether oxygens (including phenoxy) is 8. The molecule has 0 unspecified atom stereocenters. The fourth-order valence-corrected chi connectivity index (χ4v) is 15.9. The molecule has 25 nitrogen and oxygen atoms in total. The minimum Gasteiger partial charge on any atom is -0.481 e. The number of aliphatic hydroxyl groups excluding tert-OH is 11. The smallest absolute Gasteiger partial charge is 0.317 e. The maximum absolute atomic E-state index is 15.5. The highest BCUT2D eigenvalue weighted by atomic mass is 16.8. The lowest BCUT2D eigenvalue weighted by Crippen LogP contribution is -2.69. The summed E-state index contributed by atoms with van der Waals surface area (Å²) in [6, 6.07) is 0. The van der Waals surface area contributed by atoms with E-state index in [-0.39, 0.29) is 30.1 Å². The van der Waals surface area contributed by atoms with Crippen LogP contribution in [0, 0.1) is 50.2 Å². The predicted molar refractivity (Wildman–Crippen MR) is 269 cm³/mol. The summed E-state index contributed by atoms with van der Waals surface area (Å²) in [5.74, 6) is -4.88. The third kappa shape index (κ3) is 10.7. The van der Waals surface area contributed by atoms with Gasteiger partial charge in [0.2, 0.25) is 6.29 Å². The van der Waals surface area contributed by atoms with Crippen molar-refractivity contribution in [2.75, 3.05) is 26.9 Å². The van der Waals surface area contributed by atoms with Gasteiger partial charge in [0.15, 0.2) is 12.6 Å². The Morgan fingerprint density at radius 3 is 1.90 bits per heavy atom. The summed E-state index contributed by atoms with van der Waals surface area (Å²) >= 11 is 0. The molecule has 3 aliphatic heterocycles. The number of rotatable bonds is 15. The lowest BCUT2D eigenvalue weighted by molar-refractivity contribution is -0.363. The summed E-state index contributed by atoms with van der Waals surface area (Å²) in [4.78, 5) is 52.9. The minimum absolute atomic E-state index is 0.0556. The molecule has 26 atom stereocenters. The molecule has 13 N–H and O–H groups in total. The number of hydrogen-bond donors (Lipinski definition) is 13. The van der Waals surface area contributed by atoms with Crippen molar-refractivity contribution in [2.45, 2.75) is 229 Å². The predicted octanol–water partition coefficient (Wildman–Crippen LogP) is -1.57. The molecule has 4 saturated carbocycles. The van der Waals surface area contributed by atoms with Gasteiger partial charge in [-0.2, -0.15) is 0 Å². The minimum atomic E-state index is -2.14. The summed E-state index contributed by atoms with van der Waals surface area (Å²) in [5, 5.41) is 144. The summed E-state index contributed by atoms with van der Waals surface area (Å²) in [7, 11) is 1.09. The van der Waals surface area contributed by atoms with Crippen molar-refractivity contribution >= 4 is 23.9 Å². The zero-order valence-corrected chi connectivity index (χ0v) is 46.7. The third-order valence-corrected chi connectivity index (χ3v) is 20.9. The maximum Gasteiger partial charge on any atom is 0.317 e. The summed E-state index contributed by atoms with van der Waals surface area (Å²) < 4.78 is 45.1. The van der Waals surface area contributed by atoms with Gasteiger partial charge in [-0.05, 0) is 111 Å². The largest absolute Gasteiger partial charge is 0.481 e. The van der Waals surface area contributed by atoms with Crippen molar-refractivity contribution in [3.05, 3.63) is 11.6 Å². The van der Waals surface area contributed by atoms with Crippen LogP contribution in [0.15, 0.2) is 11.6 Å². The number of fused-ring (bicyclic) bond motifs is 7. The van der Waals surface area contributed by atoms with Crippen LogP contribution in [0.25, 0.3) is 0 Å². The first-order valence-corrected chi connectivity index (χ1v) is 27.9. The van der Waals surface area contributed by atoms with Gasteiger partial charge in [0, 0.05) is 0 Å². The number of carbonyl (C=O) groups is 4. The molecule has 0 aromatic heterocycles. The Hall–Kier alpha value is -3.06. The lowest BCUT2D eigenvalue weighted by atomic mass is 9.33. The molecule has 0 aromatic carbocycles. The van der Waals surface area contributed by atoms with Crippen molar-refractivity contribution in [3.8, 4) is 0 Å². The second kappa shape index (κ2) is 22.7. The molecule has 5 aliphatic carbocycles. The Bertz CT molecular complexity index is 2310. The van der Waals surface area contributed by atoms with E-state index in [2.05, 4.69) is 45.4 Å². The van der Waals surface area contributed by atoms with Crippen LogP contribution in [-0.2, 0) is 57.1 Å². The van der Waals surface area contributed by atoms with Crippen LogP contribution in [-0.4, -0.2) is 227 Å². The van der Waals surface area contributed by atoms with E-state index in [4.69, 9.17) is 33.2 Å². The van der Waals surface area contributed by atoms with Crippen LogP contribution in [0.4, 0.5) is 0 Å². The maximum atomic E-state index is 15.5. The Morgan fingerprint density at radius 2 is 1.26 bits per heavy atom. The second-order valence-corrected chi connectivity index (χ2v) is 26.3. The monoisotopic (exact) mass is 1150 g/mol. The van der Waals surface area contributed by atoms with Gasteiger partial charge < -0.3 is 104 Å². The van der Waals surface area contributed by atoms with E-state index in [1.54, 1.807) is 6.92 Å². The van der Waals surface area contributed by atoms with Crippen LogP contribution in [0.2, 0.25) is 0 Å². The van der Waals surface area contributed by atoms with Crippen molar-refractivity contribution in [2.24, 2.45) is 50.2 Å². The molecule has 0 aromatic rings. The highest BCUT2D eigenvalue weighted by molar-refractivity contribution is 5.80. The van der Waals surface area contributed by atoms with Gasteiger partial charge in [-0.3, -0.25) is 19.2 Å². The highest BCUT2D eigenvalue weighted by Crippen LogP contribution is 2.76. The average Bonchev–Trinajstić information content (AvgIpc) is 3.58. The summed E-state index contributed by atoms with van der Waals surface area (Å²) in [5.41, 5.74) is -6.03. The van der Waals surface area contributed by atoms with E-state index in [1.807, 2.05) is 0 Å². The van der Waals surface area contributed by atoms with E-state index < -0.39 is 199 Å². The van der Waals surface area contributed by atoms with Gasteiger partial charge in [-0.15, -0.1) is 0 Å². The molecular weight excluding hydrogens is 1060 g/mol. The first kappa shape index (κ1) is 63.0. The molecule has 456 valence electrons. The van der Waals surface area contributed by atoms with Crippen LogP contribution in [0.5, 0.6) is 0 Å². The van der Waals surface area contributed by atoms with Crippen molar-refractivity contribution in [1.82, 2.24) is 0 Å². The summed E-state index contributed by atoms with van der Waals surface area (Å²) in [6.45, 7) is 11.0. The van der Waals surface area contributed by atoms with Crippen LogP contribution in [0.3, 0.4) is 0 Å². The van der Waals surface area contributed by atoms with E-state index in [1.165, 1.54) is 6.92 Å². The fourth-order valence-electron chi connectivity index (χ4n) is 15.9. The van der Waals surface area contributed by atoms with E-state index >= 15 is 4.79 Å². The molecule has 80 heavy (non-hydrogen) atoms. The molecular formula is C55H86O25. The van der Waals surface area contributed by atoms with Crippen molar-refractivity contribution < 1.29 is 123 Å². The number of methoxy groups -OCH3 is 1. The van der Waals surface area contributed by atoms with Gasteiger partial charge in [-0.25, -0.2) is 0 Å². The summed E-state index contributed by atoms with van der Waals surface area (Å²) in [6.07, 6.45) is -26.4. The first-order chi connectivity index (χ1) is 37.2. The molecule has 0 amide bonds. The quantitative estimate of drug-likeness (QED) is 0.0500. The number of allylic oxidation sites excluding steroid dienone is 2. The Balaban J connectivity index is 1.07. The lowest BCUT2D eigenvalue weighted by Gasteiger charge is -2.71. The van der Waals surface area contributed by atoms with Gasteiger partial charge in [0.05, 0.1) is 56.4 Å². The Morgan fingerprint density at radius 1 is 0.662 bits per heavy atom. The third-order valence-electron chi connectivity index (χ3n) is 20.9. The molecule has 3 saturated heterocycles. The van der Waals surface area contributed by atoms with Crippen molar-refractivity contribution in [3.63, 3.8) is 0 Å². The van der Waals surface area contributed by atoms with Gasteiger partial charge in [0.25, 0.3) is 0 Å². The Kier molecular flexibility index (Phi) is 17.9. The molecule has 7 fully saturated rings. The normalized spacial score (nSPS) is 48.8. The van der Waals surface area contributed by atoms with Crippen LogP contribution < -0.4 is 0 Å². The highest BCUT2D eigenvalue weighted by Gasteiger charge is 2.73. The number of carboxylic acids is 1. The number of hydrogen-bond acceptors (Lipinski definition) is 24. The van der Waals surface area contributed by atoms with Gasteiger partial charge in [0.1, 0.15) is 85.3 Å². The Labute approximate surface area is 464 Å². The molecule has 0 spiro atoms. The second-order valence-electron chi connectivity index (χ2n) is 26.3. The molecule has 3 heterocycles. The number of aliphatic hydroxyl groups is 12. The molecule has 8 rings (SSSR count). The number of esters is 3. The standard InChI is InChI=1S/C55H86O25/c1-49(2)15-16-55(25(17-49)24-9-10-29-51(4)13-12-31(57)54(7,47(69)70)30(51)11-14-52(29,5)53(24,6)18-32(55)58)48(71)80-46-42(68)43(79-45-41(67)38(64)35(61)26(21-56)76-45)37(63)28(78-46)23-75-44-40(66)39(65)36(62)27(77-44)22-74-34(60)20-50(3,72)19-33(59)73-8/h9,25-32,35-46,56-58,61-68,72H,10-23H2,1-8H3,(H,69,70)/t25-,26+,27+,28+,29+,30+,31-,32+,35-,36-,37+,38-,39-,40+,41+,42+,43-,44+,45+,46-,50+,51+,52+,53+,54-,55+/m0/s1. The van der Waals surface area contributed by atoms with Crippen LogP contribution in [0.1, 0.15) is 119 Å². The first-order valence-electron chi connectivity index (χ1n) is 27.9. The van der Waals surface area contributed by atoms with Gasteiger partial charge >= 0.3 is 23.9 Å². The zero-order chi connectivity index (χ0) is 59.2. The molecule has 8 aliphatic rings. The SMILES string of the molecule is COC(=O)C[C@@](C)(O)CC(=O)OC[C@H]1O[C@@H](OC[C@H]2O[C@@H](OC(=O)[C@]34CCC(C)(C)C[C@H]3C3=CC[C@@H]5[C@@]6(C)CC[C@H](O)[C@@](C)(C(=O)O)[C@@H]6CC[C@@]5(C)[C@]3(C)C[C@H]4O)[C@H](O)[C@@H](O[C@H]3O[C@H](CO)[C@H](O)[C@H](O)[C@H]3O)[C@@H]2O)[C@H](O)[C@@H](O)[C@H]1O. The number of carboxylic acid groups (broad SMARTS) is 1. The number of aliphatic carboxylic acids is 1. The molecule has 0 radical (unpaired) electrons. The fraction of sp³-hybridized carbons (Fsp3) is 0.891. The molecule has 0 bridgehead atoms. The van der Waals surface area contributed by atoms with E-state index in [0.29, 0.717) is 44.9 Å². The zero-order valence-electron chi connectivity index (χ0n) is 46.7. The van der Waals surface area contributed by atoms with E-state index in [9.17, 15) is 80.8 Å². The molecule has 25 heteroatoms. The topological polar surface area (TPSA) is 405 Å². The average molecular weight is 1150 g/mol. The van der Waals surface area contributed by atoms with Crippen molar-refractivity contribution in [1.29, 1.82) is 0 Å². The van der Waals surface area contributed by atoms with Gasteiger partial charge in [-0.1, -0.05) is 46.3 Å². The number of carbonyl (C=O) groups excluding carboxylic acids is 3.